The molecule has 1 unspecified atom stereocenters. The molecule has 0 bridgehead atoms. The van der Waals surface area contributed by atoms with Crippen molar-refractivity contribution >= 4 is 32.8 Å². The Labute approximate surface area is 114 Å². The second-order valence-corrected chi connectivity index (χ2v) is 6.77. The highest BCUT2D eigenvalue weighted by Gasteiger charge is 2.29. The van der Waals surface area contributed by atoms with Crippen LogP contribution in [0.3, 0.4) is 0 Å². The van der Waals surface area contributed by atoms with Crippen LogP contribution < -0.4 is 14.0 Å². The fourth-order valence-corrected chi connectivity index (χ4v) is 4.42. The number of fused-ring (bicyclic) bond motifs is 1. The van der Waals surface area contributed by atoms with Gasteiger partial charge in [0.05, 0.1) is 15.1 Å². The van der Waals surface area contributed by atoms with E-state index in [1.54, 1.807) is 25.1 Å². The van der Waals surface area contributed by atoms with E-state index in [0.29, 0.717) is 15.6 Å². The summed E-state index contributed by atoms with van der Waals surface area (Å²) in [4.78, 5) is 1.33. The van der Waals surface area contributed by atoms with E-state index in [1.165, 1.54) is 0 Å². The summed E-state index contributed by atoms with van der Waals surface area (Å²) in [6.07, 6.45) is 1.76. The van der Waals surface area contributed by atoms with Crippen molar-refractivity contribution in [2.45, 2.75) is 11.8 Å². The smallest absolute Gasteiger partial charge is 0.143 e. The van der Waals surface area contributed by atoms with Crippen molar-refractivity contribution in [2.24, 2.45) is 0 Å². The van der Waals surface area contributed by atoms with Crippen molar-refractivity contribution in [1.82, 2.24) is 0 Å². The summed E-state index contributed by atoms with van der Waals surface area (Å²) in [6, 6.07) is 7.15. The number of hydrogen-bond donors (Lipinski definition) is 0. The predicted molar refractivity (Wildman–Crippen MR) is 62.8 cm³/mol. The first-order valence-electron chi connectivity index (χ1n) is 4.97. The summed E-state index contributed by atoms with van der Waals surface area (Å²) < 4.78 is 36.8. The maximum atomic E-state index is 10.7. The highest BCUT2D eigenvalue weighted by atomic mass is 35.7. The Morgan fingerprint density at radius 3 is 2.56 bits per heavy atom. The number of allylic oxidation sites excluding steroid dienone is 2. The van der Waals surface area contributed by atoms with Gasteiger partial charge in [0.15, 0.2) is 0 Å². The first kappa shape index (κ1) is 14.0. The molecule has 0 fully saturated rings. The number of halogens is 2. The van der Waals surface area contributed by atoms with Crippen molar-refractivity contribution in [3.05, 3.63) is 35.9 Å². The Morgan fingerprint density at radius 2 is 1.94 bits per heavy atom. The van der Waals surface area contributed by atoms with Gasteiger partial charge in [0.2, 0.25) is 0 Å². The minimum atomic E-state index is -4.46. The van der Waals surface area contributed by atoms with E-state index in [2.05, 4.69) is 3.74 Å². The number of rotatable bonds is 3. The normalized spacial score (nSPS) is 19.5. The Hall–Kier alpha value is -0.400. The highest BCUT2D eigenvalue weighted by Crippen LogP contribution is 2.41. The first-order chi connectivity index (χ1) is 8.42. The van der Waals surface area contributed by atoms with Gasteiger partial charge in [-0.25, -0.2) is 0 Å². The summed E-state index contributed by atoms with van der Waals surface area (Å²) in [6.45, 7) is 1.71. The molecule has 1 atom stereocenters. The van der Waals surface area contributed by atoms with Crippen molar-refractivity contribution in [3.8, 4) is 0 Å². The third-order valence-electron chi connectivity index (χ3n) is 2.39. The van der Waals surface area contributed by atoms with Gasteiger partial charge < -0.3 is 0 Å². The molecule has 0 saturated carbocycles. The van der Waals surface area contributed by atoms with Crippen LogP contribution in [-0.4, -0.2) is 10.7 Å². The quantitative estimate of drug-likeness (QED) is 0.580. The molecule has 0 N–H and O–H groups in total. The van der Waals surface area contributed by atoms with E-state index in [-0.39, 0.29) is 0 Å². The molecule has 7 heteroatoms. The Balaban J connectivity index is 2.55. The van der Waals surface area contributed by atoms with E-state index < -0.39 is 21.0 Å². The Morgan fingerprint density at radius 1 is 1.28 bits per heavy atom. The van der Waals surface area contributed by atoms with Gasteiger partial charge in [-0.1, -0.05) is 18.2 Å². The molecule has 0 aromatic heterocycles. The average Bonchev–Trinajstić information content (AvgIpc) is 2.31. The van der Waals surface area contributed by atoms with Crippen LogP contribution in [0.4, 0.5) is 0 Å². The molecule has 98 valence electrons. The lowest BCUT2D eigenvalue weighted by Crippen LogP contribution is -2.60. The van der Waals surface area contributed by atoms with Gasteiger partial charge in [-0.15, -0.1) is 11.6 Å². The molecule has 0 saturated heterocycles. The van der Waals surface area contributed by atoms with E-state index >= 15 is 0 Å². The maximum Gasteiger partial charge on any atom is 0.143 e. The van der Waals surface area contributed by atoms with Gasteiger partial charge in [0.1, 0.15) is 14.5 Å². The van der Waals surface area contributed by atoms with Crippen LogP contribution in [0.2, 0.25) is 0 Å². The van der Waals surface area contributed by atoms with E-state index in [9.17, 15) is 14.0 Å². The van der Waals surface area contributed by atoms with Gasteiger partial charge >= 0.3 is 0 Å². The largest absolute Gasteiger partial charge is 0.182 e. The third-order valence-corrected chi connectivity index (χ3v) is 5.25. The highest BCUT2D eigenvalue weighted by molar-refractivity contribution is 8.12. The monoisotopic (exact) mass is 308 g/mol. The molecular weight excluding hydrogens is 299 g/mol. The zero-order valence-electron chi connectivity index (χ0n) is 9.39. The first-order valence-corrected chi connectivity index (χ1v) is 7.89. The van der Waals surface area contributed by atoms with Gasteiger partial charge in [-0.3, -0.25) is 0 Å². The van der Waals surface area contributed by atoms with Crippen LogP contribution in [-0.2, 0) is 3.74 Å². The molecule has 0 spiro atoms. The molecule has 1 aliphatic heterocycles. The van der Waals surface area contributed by atoms with Gasteiger partial charge in [0.25, 0.3) is 0 Å². The summed E-state index contributed by atoms with van der Waals surface area (Å²) in [5.41, 5.74) is 1.71. The predicted octanol–water partition coefficient (Wildman–Crippen LogP) is -0.0286. The fraction of sp³-hybridized carbons (Fsp3) is 0.182. The molecule has 1 aromatic rings. The lowest BCUT2D eigenvalue weighted by molar-refractivity contribution is -1.91. The Bertz CT molecular complexity index is 534. The van der Waals surface area contributed by atoms with Crippen LogP contribution >= 0.6 is 22.4 Å². The van der Waals surface area contributed by atoms with E-state index in [1.807, 2.05) is 12.1 Å². The summed E-state index contributed by atoms with van der Waals surface area (Å²) in [7, 11) is -5.65. The molecule has 1 aliphatic rings. The second-order valence-electron chi connectivity index (χ2n) is 3.62. The molecule has 1 aromatic carbocycles. The number of hydrogen-bond acceptors (Lipinski definition) is 4. The summed E-state index contributed by atoms with van der Waals surface area (Å²) >= 11 is 5.85. The summed E-state index contributed by atoms with van der Waals surface area (Å²) in [5.74, 6) is 0.313. The lowest BCUT2D eigenvalue weighted by atomic mass is 10.1. The lowest BCUT2D eigenvalue weighted by Gasteiger charge is -2.20. The average molecular weight is 309 g/mol. The number of alkyl halides is 1. The molecule has 1 heterocycles. The zero-order chi connectivity index (χ0) is 13.3. The minimum Gasteiger partial charge on any atom is -0.182 e. The number of benzene rings is 1. The second kappa shape index (κ2) is 5.30. The van der Waals surface area contributed by atoms with Gasteiger partial charge in [-0.2, -0.15) is 14.0 Å². The molecule has 4 nitrogen and oxygen atoms in total. The van der Waals surface area contributed by atoms with E-state index in [4.69, 9.17) is 11.6 Å². The van der Waals surface area contributed by atoms with Crippen LogP contribution in [0.15, 0.2) is 35.2 Å². The van der Waals surface area contributed by atoms with Crippen molar-refractivity contribution < 1.29 is 28.0 Å². The minimum absolute atomic E-state index is 0.313. The zero-order valence-corrected chi connectivity index (χ0v) is 11.7. The maximum absolute atomic E-state index is 10.7. The topological polar surface area (TPSA) is 78.4 Å². The molecule has 18 heavy (non-hydrogen) atoms. The third kappa shape index (κ3) is 2.95. The van der Waals surface area contributed by atoms with E-state index in [0.717, 1.165) is 11.1 Å². The van der Waals surface area contributed by atoms with Gasteiger partial charge in [0, 0.05) is 10.7 Å². The molecule has 0 radical (unpaired) electrons. The van der Waals surface area contributed by atoms with Crippen molar-refractivity contribution in [3.63, 3.8) is 0 Å². The van der Waals surface area contributed by atoms with Crippen molar-refractivity contribution in [2.75, 3.05) is 5.88 Å². The van der Waals surface area contributed by atoms with Crippen LogP contribution in [0.5, 0.6) is 0 Å². The summed E-state index contributed by atoms with van der Waals surface area (Å²) in [5, 5.41) is 0. The van der Waals surface area contributed by atoms with Gasteiger partial charge in [-0.05, 0) is 30.2 Å². The van der Waals surface area contributed by atoms with Crippen molar-refractivity contribution in [1.29, 1.82) is 0 Å². The fourth-order valence-electron chi connectivity index (χ4n) is 1.71. The SMILES string of the molecule is CC1=S(O[Cl+3]([O-])([O-])[O-])c2ccccc2C(CCl)=C1. The molecule has 0 amide bonds. The van der Waals surface area contributed by atoms with Crippen LogP contribution in [0.25, 0.3) is 5.57 Å². The Kier molecular flexibility index (Phi) is 4.13. The molecule has 2 rings (SSSR count). The molecular formula is C11H10Cl2O4S. The van der Waals surface area contributed by atoms with Crippen LogP contribution in [0, 0.1) is 10.2 Å². The standard InChI is InChI=1S/C11H10Cl2O4S/c1-8-6-9(7-12)10-4-2-3-5-11(10)18(8)17-13(14,15)16/h2-6H,7H2,1H3. The van der Waals surface area contributed by atoms with Crippen LogP contribution in [0.1, 0.15) is 12.5 Å². The molecule has 0 aliphatic carbocycles.